The monoisotopic (exact) mass is 204 g/mol. The summed E-state index contributed by atoms with van der Waals surface area (Å²) in [6.45, 7) is 5.15. The van der Waals surface area contributed by atoms with Crippen molar-refractivity contribution < 1.29 is 14.6 Å². The molecule has 84 valence electrons. The van der Waals surface area contributed by atoms with E-state index in [9.17, 15) is 9.90 Å². The summed E-state index contributed by atoms with van der Waals surface area (Å²) < 4.78 is 4.82. The van der Waals surface area contributed by atoms with E-state index in [1.54, 1.807) is 6.92 Å². The number of hydrogen-bond donors (Lipinski definition) is 3. The lowest BCUT2D eigenvalue weighted by Crippen LogP contribution is -2.41. The molecule has 0 fully saturated rings. The van der Waals surface area contributed by atoms with Gasteiger partial charge in [-0.3, -0.25) is 4.79 Å². The fourth-order valence-corrected chi connectivity index (χ4v) is 0.852. The summed E-state index contributed by atoms with van der Waals surface area (Å²) in [5.41, 5.74) is 0. The van der Waals surface area contributed by atoms with Gasteiger partial charge >= 0.3 is 0 Å². The zero-order valence-electron chi connectivity index (χ0n) is 9.04. The summed E-state index contributed by atoms with van der Waals surface area (Å²) >= 11 is 0. The molecule has 2 atom stereocenters. The molecule has 5 heteroatoms. The summed E-state index contributed by atoms with van der Waals surface area (Å²) in [6.07, 6.45) is -1.02. The first-order valence-electron chi connectivity index (χ1n) is 4.81. The van der Waals surface area contributed by atoms with Crippen LogP contribution in [0.4, 0.5) is 0 Å². The molecule has 0 aromatic rings. The van der Waals surface area contributed by atoms with Gasteiger partial charge in [0.05, 0.1) is 6.10 Å². The van der Waals surface area contributed by atoms with E-state index in [2.05, 4.69) is 10.6 Å². The molecule has 0 radical (unpaired) electrons. The number of amides is 1. The van der Waals surface area contributed by atoms with E-state index >= 15 is 0 Å². The first-order valence-corrected chi connectivity index (χ1v) is 4.81. The summed E-state index contributed by atoms with van der Waals surface area (Å²) in [5, 5.41) is 14.9. The zero-order valence-corrected chi connectivity index (χ0v) is 9.04. The molecule has 0 aromatic heterocycles. The highest BCUT2D eigenvalue weighted by atomic mass is 16.5. The number of carbonyl (C=O) groups excluding carboxylic acids is 1. The van der Waals surface area contributed by atoms with Crippen LogP contribution in [0, 0.1) is 0 Å². The second-order valence-electron chi connectivity index (χ2n) is 3.08. The van der Waals surface area contributed by atoms with Gasteiger partial charge in [0, 0.05) is 20.2 Å². The van der Waals surface area contributed by atoms with Gasteiger partial charge in [0.25, 0.3) is 0 Å². The number of likely N-dealkylation sites (N-methyl/N-ethyl adjacent to an activating group) is 1. The largest absolute Gasteiger partial charge is 0.390 e. The van der Waals surface area contributed by atoms with Crippen LogP contribution in [0.5, 0.6) is 0 Å². The van der Waals surface area contributed by atoms with Gasteiger partial charge in [-0.2, -0.15) is 0 Å². The molecular formula is C9H20N2O3. The van der Waals surface area contributed by atoms with E-state index in [-0.39, 0.29) is 12.5 Å². The predicted octanol–water partition coefficient (Wildman–Crippen LogP) is -0.892. The Morgan fingerprint density at radius 3 is 2.64 bits per heavy atom. The van der Waals surface area contributed by atoms with Gasteiger partial charge in [-0.25, -0.2) is 0 Å². The Hall–Kier alpha value is -0.650. The van der Waals surface area contributed by atoms with Crippen LogP contribution in [0.3, 0.4) is 0 Å². The van der Waals surface area contributed by atoms with Crippen molar-refractivity contribution in [1.29, 1.82) is 0 Å². The molecule has 0 aliphatic heterocycles. The highest BCUT2D eigenvalue weighted by Crippen LogP contribution is 1.87. The Morgan fingerprint density at radius 1 is 1.50 bits per heavy atom. The van der Waals surface area contributed by atoms with E-state index < -0.39 is 12.2 Å². The third kappa shape index (κ3) is 5.90. The Morgan fingerprint density at radius 2 is 2.14 bits per heavy atom. The molecule has 0 heterocycles. The molecule has 0 aliphatic carbocycles. The lowest BCUT2D eigenvalue weighted by atomic mass is 10.3. The number of ether oxygens (including phenoxy) is 1. The number of carbonyl (C=O) groups is 1. The fourth-order valence-electron chi connectivity index (χ4n) is 0.852. The molecule has 0 spiro atoms. The van der Waals surface area contributed by atoms with Gasteiger partial charge in [-0.1, -0.05) is 6.92 Å². The average Bonchev–Trinajstić information content (AvgIpc) is 2.21. The van der Waals surface area contributed by atoms with Crippen LogP contribution in [-0.4, -0.2) is 50.0 Å². The normalized spacial score (nSPS) is 14.9. The second kappa shape index (κ2) is 7.73. The number of methoxy groups -OCH3 is 1. The van der Waals surface area contributed by atoms with Crippen LogP contribution in [0.25, 0.3) is 0 Å². The minimum Gasteiger partial charge on any atom is -0.390 e. The Bertz CT molecular complexity index is 164. The SMILES string of the molecule is CCNC[C@H](O)CNC(=O)C(C)OC. The molecule has 1 unspecified atom stereocenters. The first kappa shape index (κ1) is 13.4. The van der Waals surface area contributed by atoms with Crippen LogP contribution >= 0.6 is 0 Å². The molecule has 3 N–H and O–H groups in total. The van der Waals surface area contributed by atoms with Crippen molar-refractivity contribution in [3.8, 4) is 0 Å². The predicted molar refractivity (Wildman–Crippen MR) is 54.0 cm³/mol. The Balaban J connectivity index is 3.55. The molecule has 0 saturated heterocycles. The molecule has 5 nitrogen and oxygen atoms in total. The summed E-state index contributed by atoms with van der Waals surface area (Å²) in [7, 11) is 1.47. The maximum absolute atomic E-state index is 11.2. The van der Waals surface area contributed by atoms with Gasteiger partial charge in [0.1, 0.15) is 6.10 Å². The van der Waals surface area contributed by atoms with E-state index in [1.807, 2.05) is 6.92 Å². The molecule has 0 saturated carbocycles. The second-order valence-corrected chi connectivity index (χ2v) is 3.08. The van der Waals surface area contributed by atoms with Gasteiger partial charge in [-0.15, -0.1) is 0 Å². The first-order chi connectivity index (χ1) is 6.61. The summed E-state index contributed by atoms with van der Waals surface area (Å²) in [6, 6.07) is 0. The van der Waals surface area contributed by atoms with Crippen molar-refractivity contribution in [2.45, 2.75) is 26.1 Å². The van der Waals surface area contributed by atoms with Gasteiger partial charge in [-0.05, 0) is 13.5 Å². The quantitative estimate of drug-likeness (QED) is 0.503. The lowest BCUT2D eigenvalue weighted by molar-refractivity contribution is -0.130. The van der Waals surface area contributed by atoms with Crippen LogP contribution in [0.2, 0.25) is 0 Å². The van der Waals surface area contributed by atoms with Gasteiger partial charge in [0.2, 0.25) is 5.91 Å². The van der Waals surface area contributed by atoms with Crippen LogP contribution in [0.1, 0.15) is 13.8 Å². The maximum Gasteiger partial charge on any atom is 0.248 e. The molecule has 0 aliphatic rings. The van der Waals surface area contributed by atoms with Crippen molar-refractivity contribution in [2.24, 2.45) is 0 Å². The van der Waals surface area contributed by atoms with Crippen molar-refractivity contribution in [3.05, 3.63) is 0 Å². The van der Waals surface area contributed by atoms with E-state index in [4.69, 9.17) is 4.74 Å². The molecule has 0 aromatic carbocycles. The minimum absolute atomic E-state index is 0.206. The third-order valence-electron chi connectivity index (χ3n) is 1.86. The molecule has 0 bridgehead atoms. The van der Waals surface area contributed by atoms with Crippen LogP contribution in [0.15, 0.2) is 0 Å². The van der Waals surface area contributed by atoms with Crippen molar-refractivity contribution in [2.75, 3.05) is 26.7 Å². The third-order valence-corrected chi connectivity index (χ3v) is 1.86. The smallest absolute Gasteiger partial charge is 0.248 e. The molecule has 0 rings (SSSR count). The number of aliphatic hydroxyl groups is 1. The Labute approximate surface area is 84.8 Å². The summed E-state index contributed by atoms with van der Waals surface area (Å²) in [5.74, 6) is -0.206. The van der Waals surface area contributed by atoms with Crippen molar-refractivity contribution in [1.82, 2.24) is 10.6 Å². The minimum atomic E-state index is -0.553. The van der Waals surface area contributed by atoms with E-state index in [0.29, 0.717) is 6.54 Å². The molecule has 14 heavy (non-hydrogen) atoms. The fraction of sp³-hybridized carbons (Fsp3) is 0.889. The number of hydrogen-bond acceptors (Lipinski definition) is 4. The van der Waals surface area contributed by atoms with Crippen molar-refractivity contribution in [3.63, 3.8) is 0 Å². The average molecular weight is 204 g/mol. The number of aliphatic hydroxyl groups excluding tert-OH is 1. The van der Waals surface area contributed by atoms with E-state index in [1.165, 1.54) is 7.11 Å². The number of nitrogens with one attached hydrogen (secondary N) is 2. The lowest BCUT2D eigenvalue weighted by Gasteiger charge is -2.14. The number of rotatable bonds is 7. The maximum atomic E-state index is 11.2. The molecule has 1 amide bonds. The van der Waals surface area contributed by atoms with Crippen LogP contribution in [-0.2, 0) is 9.53 Å². The van der Waals surface area contributed by atoms with Gasteiger partial charge < -0.3 is 20.5 Å². The van der Waals surface area contributed by atoms with Crippen LogP contribution < -0.4 is 10.6 Å². The highest BCUT2D eigenvalue weighted by Gasteiger charge is 2.12. The van der Waals surface area contributed by atoms with Crippen molar-refractivity contribution >= 4 is 5.91 Å². The standard InChI is InChI=1S/C9H20N2O3/c1-4-10-5-8(12)6-11-9(13)7(2)14-3/h7-8,10,12H,4-6H2,1-3H3,(H,11,13)/t7?,8-/m0/s1. The topological polar surface area (TPSA) is 70.6 Å². The van der Waals surface area contributed by atoms with E-state index in [0.717, 1.165) is 6.54 Å². The van der Waals surface area contributed by atoms with Gasteiger partial charge in [0.15, 0.2) is 0 Å². The zero-order chi connectivity index (χ0) is 11.0. The molecular weight excluding hydrogens is 184 g/mol. The highest BCUT2D eigenvalue weighted by molar-refractivity contribution is 5.80. The Kier molecular flexibility index (Phi) is 7.37. The summed E-state index contributed by atoms with van der Waals surface area (Å²) in [4.78, 5) is 11.2.